The van der Waals surface area contributed by atoms with Crippen molar-refractivity contribution in [3.05, 3.63) is 84.4 Å². The van der Waals surface area contributed by atoms with E-state index in [-0.39, 0.29) is 5.04 Å². The lowest BCUT2D eigenvalue weighted by atomic mass is 10.2. The Morgan fingerprint density at radius 2 is 1.41 bits per heavy atom. The van der Waals surface area contributed by atoms with Crippen LogP contribution in [0.2, 0.25) is 5.04 Å². The molecule has 0 spiro atoms. The highest BCUT2D eigenvalue weighted by atomic mass is 32.1. The second-order valence-corrected chi connectivity index (χ2v) is 12.9. The average molecular weight is 390 g/mol. The van der Waals surface area contributed by atoms with Gasteiger partial charge in [-0.3, -0.25) is 0 Å². The van der Waals surface area contributed by atoms with Gasteiger partial charge in [-0.25, -0.2) is 4.98 Å². The number of rotatable bonds is 4. The Balaban J connectivity index is 1.94. The molecular weight excluding hydrogens is 366 g/mol. The summed E-state index contributed by atoms with van der Waals surface area (Å²) >= 11 is 1.66. The first kappa shape index (κ1) is 18.0. The van der Waals surface area contributed by atoms with Gasteiger partial charge in [0.1, 0.15) is 5.75 Å². The van der Waals surface area contributed by atoms with E-state index in [4.69, 9.17) is 4.43 Å². The maximum atomic E-state index is 7.02. The SMILES string of the molecule is CC(C)(C)[Si](Oc1ccc2scnc2c1)(c1ccccc1)c1ccccc1. The summed E-state index contributed by atoms with van der Waals surface area (Å²) in [6.45, 7) is 6.88. The van der Waals surface area contributed by atoms with E-state index in [2.05, 4.69) is 105 Å². The van der Waals surface area contributed by atoms with Crippen LogP contribution in [0.4, 0.5) is 0 Å². The van der Waals surface area contributed by atoms with E-state index < -0.39 is 8.32 Å². The van der Waals surface area contributed by atoms with Crippen molar-refractivity contribution < 1.29 is 4.43 Å². The van der Waals surface area contributed by atoms with Crippen LogP contribution in [0.3, 0.4) is 0 Å². The smallest absolute Gasteiger partial charge is 0.319 e. The van der Waals surface area contributed by atoms with Crippen LogP contribution in [0.15, 0.2) is 84.4 Å². The van der Waals surface area contributed by atoms with Gasteiger partial charge in [-0.1, -0.05) is 81.4 Å². The van der Waals surface area contributed by atoms with Crippen molar-refractivity contribution in [2.75, 3.05) is 0 Å². The molecule has 4 rings (SSSR count). The Morgan fingerprint density at radius 3 is 1.96 bits per heavy atom. The molecule has 0 aliphatic carbocycles. The van der Waals surface area contributed by atoms with Crippen molar-refractivity contribution in [1.29, 1.82) is 0 Å². The number of fused-ring (bicyclic) bond motifs is 1. The molecule has 0 fully saturated rings. The summed E-state index contributed by atoms with van der Waals surface area (Å²) in [6, 6.07) is 27.7. The molecule has 1 aromatic heterocycles. The molecule has 0 atom stereocenters. The first-order chi connectivity index (χ1) is 13.0. The second kappa shape index (κ2) is 6.95. The van der Waals surface area contributed by atoms with Crippen LogP contribution in [0.5, 0.6) is 5.75 Å². The van der Waals surface area contributed by atoms with Crippen LogP contribution >= 0.6 is 11.3 Å². The zero-order chi connectivity index (χ0) is 18.9. The second-order valence-electron chi connectivity index (χ2n) is 7.75. The van der Waals surface area contributed by atoms with Gasteiger partial charge in [-0.2, -0.15) is 0 Å². The van der Waals surface area contributed by atoms with E-state index in [1.165, 1.54) is 15.1 Å². The zero-order valence-corrected chi connectivity index (χ0v) is 17.7. The first-order valence-electron chi connectivity index (χ1n) is 9.14. The van der Waals surface area contributed by atoms with Crippen molar-refractivity contribution in [2.24, 2.45) is 0 Å². The number of thiazole rings is 1. The van der Waals surface area contributed by atoms with Gasteiger partial charge in [0.05, 0.1) is 15.7 Å². The van der Waals surface area contributed by atoms with Gasteiger partial charge in [0.2, 0.25) is 0 Å². The third kappa shape index (κ3) is 3.20. The van der Waals surface area contributed by atoms with Gasteiger partial charge in [0.15, 0.2) is 0 Å². The molecule has 136 valence electrons. The van der Waals surface area contributed by atoms with Crippen LogP contribution in [-0.2, 0) is 0 Å². The molecule has 0 saturated carbocycles. The highest BCUT2D eigenvalue weighted by molar-refractivity contribution is 7.16. The number of aromatic nitrogens is 1. The molecule has 2 nitrogen and oxygen atoms in total. The van der Waals surface area contributed by atoms with Crippen LogP contribution < -0.4 is 14.8 Å². The summed E-state index contributed by atoms with van der Waals surface area (Å²) in [7, 11) is -2.58. The third-order valence-electron chi connectivity index (χ3n) is 4.99. The number of nitrogens with zero attached hydrogens (tertiary/aromatic N) is 1. The fraction of sp³-hybridized carbons (Fsp3) is 0.174. The van der Waals surface area contributed by atoms with Gasteiger partial charge in [0, 0.05) is 6.07 Å². The van der Waals surface area contributed by atoms with Gasteiger partial charge < -0.3 is 4.43 Å². The Labute approximate surface area is 165 Å². The Kier molecular flexibility index (Phi) is 4.62. The van der Waals surface area contributed by atoms with Crippen molar-refractivity contribution in [1.82, 2.24) is 4.98 Å². The van der Waals surface area contributed by atoms with E-state index in [0.717, 1.165) is 11.3 Å². The number of hydrogen-bond acceptors (Lipinski definition) is 3. The normalized spacial score (nSPS) is 12.3. The minimum Gasteiger partial charge on any atom is -0.534 e. The highest BCUT2D eigenvalue weighted by Gasteiger charge is 2.52. The van der Waals surface area contributed by atoms with Crippen LogP contribution in [0.1, 0.15) is 20.8 Å². The summed E-state index contributed by atoms with van der Waals surface area (Å²) in [6.07, 6.45) is 0. The van der Waals surface area contributed by atoms with Crippen LogP contribution in [0, 0.1) is 0 Å². The summed E-state index contributed by atoms with van der Waals surface area (Å²) in [5.41, 5.74) is 2.88. The quantitative estimate of drug-likeness (QED) is 0.446. The van der Waals surface area contributed by atoms with Gasteiger partial charge in [-0.15, -0.1) is 11.3 Å². The standard InChI is InChI=1S/C23H23NOSSi/c1-23(2,3)27(19-10-6-4-7-11-19,20-12-8-5-9-13-20)25-18-14-15-22-21(16-18)24-17-26-22/h4-17H,1-3H3. The lowest BCUT2D eigenvalue weighted by Crippen LogP contribution is -2.68. The van der Waals surface area contributed by atoms with Gasteiger partial charge in [0.25, 0.3) is 0 Å². The topological polar surface area (TPSA) is 22.1 Å². The molecule has 4 heteroatoms. The van der Waals surface area contributed by atoms with E-state index in [0.29, 0.717) is 0 Å². The molecule has 0 unspecified atom stereocenters. The minimum absolute atomic E-state index is 0.0489. The highest BCUT2D eigenvalue weighted by Crippen LogP contribution is 2.38. The molecule has 1 heterocycles. The summed E-state index contributed by atoms with van der Waals surface area (Å²) < 4.78 is 8.20. The summed E-state index contributed by atoms with van der Waals surface area (Å²) in [4.78, 5) is 4.47. The maximum absolute atomic E-state index is 7.02. The first-order valence-corrected chi connectivity index (χ1v) is 11.9. The molecule has 0 amide bonds. The molecule has 0 N–H and O–H groups in total. The molecule has 0 aliphatic rings. The van der Waals surface area contributed by atoms with E-state index >= 15 is 0 Å². The Hall–Kier alpha value is -2.43. The average Bonchev–Trinajstić information content (AvgIpc) is 3.14. The largest absolute Gasteiger partial charge is 0.534 e. The molecule has 0 saturated heterocycles. The molecular formula is C23H23NOSSi. The number of hydrogen-bond donors (Lipinski definition) is 0. The van der Waals surface area contributed by atoms with Crippen LogP contribution in [0.25, 0.3) is 10.2 Å². The third-order valence-corrected chi connectivity index (χ3v) is 10.7. The molecule has 0 radical (unpaired) electrons. The van der Waals surface area contributed by atoms with Gasteiger partial charge >= 0.3 is 8.32 Å². The molecule has 0 bridgehead atoms. The zero-order valence-electron chi connectivity index (χ0n) is 15.8. The van der Waals surface area contributed by atoms with Crippen molar-refractivity contribution >= 4 is 40.2 Å². The van der Waals surface area contributed by atoms with E-state index in [1.807, 2.05) is 5.51 Å². The predicted octanol–water partition coefficient (Wildman–Crippen LogP) is 5.24. The van der Waals surface area contributed by atoms with Crippen molar-refractivity contribution in [3.8, 4) is 5.75 Å². The van der Waals surface area contributed by atoms with E-state index in [1.54, 1.807) is 11.3 Å². The molecule has 3 aromatic carbocycles. The predicted molar refractivity (Wildman–Crippen MR) is 118 cm³/mol. The van der Waals surface area contributed by atoms with Crippen molar-refractivity contribution in [3.63, 3.8) is 0 Å². The Bertz CT molecular complexity index is 999. The monoisotopic (exact) mass is 389 g/mol. The maximum Gasteiger partial charge on any atom is 0.319 e. The molecule has 4 aromatic rings. The van der Waals surface area contributed by atoms with Gasteiger partial charge in [-0.05, 0) is 27.5 Å². The Morgan fingerprint density at radius 1 is 0.815 bits per heavy atom. The summed E-state index contributed by atoms with van der Waals surface area (Å²) in [5, 5.41) is 2.51. The summed E-state index contributed by atoms with van der Waals surface area (Å²) in [5.74, 6) is 0.891. The van der Waals surface area contributed by atoms with Crippen molar-refractivity contribution in [2.45, 2.75) is 25.8 Å². The fourth-order valence-corrected chi connectivity index (χ4v) is 8.80. The molecule has 27 heavy (non-hydrogen) atoms. The lowest BCUT2D eigenvalue weighted by Gasteiger charge is -2.43. The molecule has 0 aliphatic heterocycles. The van der Waals surface area contributed by atoms with Crippen LogP contribution in [-0.4, -0.2) is 13.3 Å². The fourth-order valence-electron chi connectivity index (χ4n) is 3.73. The minimum atomic E-state index is -2.58. The number of benzene rings is 3. The lowest BCUT2D eigenvalue weighted by molar-refractivity contribution is 0.509. The van der Waals surface area contributed by atoms with E-state index in [9.17, 15) is 0 Å².